The third kappa shape index (κ3) is 7.90. The third-order valence-electron chi connectivity index (χ3n) is 4.25. The highest BCUT2D eigenvalue weighted by Gasteiger charge is 2.30. The molecule has 0 saturated heterocycles. The van der Waals surface area contributed by atoms with E-state index in [2.05, 4.69) is 25.9 Å². The number of hydrogen-bond donors (Lipinski definition) is 6. The number of nitrogens with two attached hydrogens (primary N) is 1. The van der Waals surface area contributed by atoms with Crippen molar-refractivity contribution >= 4 is 23.7 Å². The first-order valence-electron chi connectivity index (χ1n) is 9.36. The van der Waals surface area contributed by atoms with Crippen molar-refractivity contribution in [2.24, 2.45) is 17.6 Å². The Balaban J connectivity index is 2.58. The van der Waals surface area contributed by atoms with Crippen LogP contribution in [0.15, 0.2) is 12.5 Å². The second-order valence-corrected chi connectivity index (χ2v) is 7.46. The van der Waals surface area contributed by atoms with Gasteiger partial charge in [0, 0.05) is 18.3 Å². The van der Waals surface area contributed by atoms with Crippen molar-refractivity contribution in [3.8, 4) is 0 Å². The molecule has 0 saturated carbocycles. The molecule has 0 fully saturated rings. The lowest BCUT2D eigenvalue weighted by Gasteiger charge is -2.25. The topological polar surface area (TPSA) is 179 Å². The molecular formula is C18H30N6O5. The number of H-pyrrole nitrogens is 1. The zero-order valence-electron chi connectivity index (χ0n) is 17.1. The highest BCUT2D eigenvalue weighted by Crippen LogP contribution is 2.06. The molecule has 0 aliphatic carbocycles. The number of rotatable bonds is 11. The number of aromatic amines is 1. The van der Waals surface area contributed by atoms with Gasteiger partial charge < -0.3 is 31.8 Å². The minimum absolute atomic E-state index is 0.232. The van der Waals surface area contributed by atoms with Gasteiger partial charge in [0.25, 0.3) is 0 Å². The second-order valence-electron chi connectivity index (χ2n) is 7.46. The fourth-order valence-electron chi connectivity index (χ4n) is 2.54. The molecular weight excluding hydrogens is 380 g/mol. The van der Waals surface area contributed by atoms with Crippen molar-refractivity contribution in [1.82, 2.24) is 25.9 Å². The van der Waals surface area contributed by atoms with Gasteiger partial charge in [-0.2, -0.15) is 0 Å². The Morgan fingerprint density at radius 2 is 1.69 bits per heavy atom. The highest BCUT2D eigenvalue weighted by molar-refractivity contribution is 5.92. The maximum absolute atomic E-state index is 12.5. The summed E-state index contributed by atoms with van der Waals surface area (Å²) in [7, 11) is 0. The normalized spacial score (nSPS) is 14.2. The maximum Gasteiger partial charge on any atom is 0.326 e. The number of carbonyl (C=O) groups excluding carboxylic acids is 3. The van der Waals surface area contributed by atoms with E-state index < -0.39 is 41.8 Å². The molecule has 0 bridgehead atoms. The number of nitrogens with zero attached hydrogens (tertiary/aromatic N) is 1. The van der Waals surface area contributed by atoms with Crippen LogP contribution >= 0.6 is 0 Å². The minimum atomic E-state index is -1.15. The average Bonchev–Trinajstić information content (AvgIpc) is 3.13. The van der Waals surface area contributed by atoms with Gasteiger partial charge in [0.05, 0.1) is 18.9 Å². The molecule has 0 radical (unpaired) electrons. The van der Waals surface area contributed by atoms with Crippen molar-refractivity contribution < 1.29 is 24.3 Å². The SMILES string of the molecule is CC(C)C(NC(=O)C(NC(=O)CNC(=O)C(N)Cc1cnc[nH]1)C(C)C)C(=O)O. The molecule has 0 spiro atoms. The number of amides is 3. The number of nitrogens with one attached hydrogen (secondary N) is 4. The Labute approximate surface area is 169 Å². The Morgan fingerprint density at radius 1 is 1.07 bits per heavy atom. The first kappa shape index (κ1) is 24.1. The summed E-state index contributed by atoms with van der Waals surface area (Å²) in [6, 6.07) is -2.88. The van der Waals surface area contributed by atoms with E-state index in [1.165, 1.54) is 6.33 Å². The van der Waals surface area contributed by atoms with Crippen LogP contribution in [0.2, 0.25) is 0 Å². The van der Waals surface area contributed by atoms with E-state index in [4.69, 9.17) is 5.73 Å². The molecule has 162 valence electrons. The van der Waals surface area contributed by atoms with Crippen LogP contribution in [-0.4, -0.2) is 63.4 Å². The number of carbonyl (C=O) groups is 4. The summed E-state index contributed by atoms with van der Waals surface area (Å²) in [4.78, 5) is 54.6. The van der Waals surface area contributed by atoms with Crippen LogP contribution in [0.3, 0.4) is 0 Å². The molecule has 0 aromatic carbocycles. The van der Waals surface area contributed by atoms with E-state index in [1.54, 1.807) is 33.9 Å². The lowest BCUT2D eigenvalue weighted by molar-refractivity contribution is -0.143. The molecule has 1 aromatic rings. The van der Waals surface area contributed by atoms with Crippen molar-refractivity contribution in [3.05, 3.63) is 18.2 Å². The molecule has 1 rings (SSSR count). The first-order valence-corrected chi connectivity index (χ1v) is 9.36. The summed E-state index contributed by atoms with van der Waals surface area (Å²) in [5, 5.41) is 16.6. The Kier molecular flexibility index (Phi) is 9.26. The van der Waals surface area contributed by atoms with Gasteiger partial charge in [0.15, 0.2) is 0 Å². The zero-order chi connectivity index (χ0) is 22.1. The molecule has 3 amide bonds. The van der Waals surface area contributed by atoms with Crippen molar-refractivity contribution in [2.75, 3.05) is 6.54 Å². The van der Waals surface area contributed by atoms with E-state index in [0.29, 0.717) is 5.69 Å². The summed E-state index contributed by atoms with van der Waals surface area (Å²) in [6.07, 6.45) is 3.25. The molecule has 29 heavy (non-hydrogen) atoms. The number of hydrogen-bond acceptors (Lipinski definition) is 6. The lowest BCUT2D eigenvalue weighted by Crippen LogP contribution is -2.56. The first-order chi connectivity index (χ1) is 13.5. The molecule has 3 unspecified atom stereocenters. The quantitative estimate of drug-likeness (QED) is 0.264. The van der Waals surface area contributed by atoms with Crippen LogP contribution < -0.4 is 21.7 Å². The molecule has 7 N–H and O–H groups in total. The van der Waals surface area contributed by atoms with Crippen LogP contribution in [0.4, 0.5) is 0 Å². The van der Waals surface area contributed by atoms with Gasteiger partial charge in [-0.15, -0.1) is 0 Å². The summed E-state index contributed by atoms with van der Waals surface area (Å²) in [6.45, 7) is 6.41. The van der Waals surface area contributed by atoms with E-state index >= 15 is 0 Å². The van der Waals surface area contributed by atoms with E-state index in [-0.39, 0.29) is 24.8 Å². The van der Waals surface area contributed by atoms with Gasteiger partial charge in [-0.1, -0.05) is 27.7 Å². The number of aromatic nitrogens is 2. The molecule has 11 nitrogen and oxygen atoms in total. The number of imidazole rings is 1. The summed E-state index contributed by atoms with van der Waals surface area (Å²) in [5.41, 5.74) is 6.48. The van der Waals surface area contributed by atoms with Gasteiger partial charge in [-0.05, 0) is 11.8 Å². The van der Waals surface area contributed by atoms with Gasteiger partial charge in [0.2, 0.25) is 17.7 Å². The Hall–Kier alpha value is -2.95. The van der Waals surface area contributed by atoms with Crippen LogP contribution in [0.25, 0.3) is 0 Å². The molecule has 1 heterocycles. The van der Waals surface area contributed by atoms with Gasteiger partial charge in [0.1, 0.15) is 12.1 Å². The zero-order valence-corrected chi connectivity index (χ0v) is 17.1. The van der Waals surface area contributed by atoms with E-state index in [0.717, 1.165) is 0 Å². The van der Waals surface area contributed by atoms with E-state index in [1.807, 2.05) is 0 Å². The maximum atomic E-state index is 12.5. The standard InChI is InChI=1S/C18H30N6O5/c1-9(2)14(17(27)24-15(10(3)4)18(28)29)23-13(25)7-21-16(26)12(19)5-11-6-20-8-22-11/h6,8-10,12,14-15H,5,7,19H2,1-4H3,(H,20,22)(H,21,26)(H,23,25)(H,24,27)(H,28,29). The van der Waals surface area contributed by atoms with Crippen LogP contribution in [0, 0.1) is 11.8 Å². The summed E-state index contributed by atoms with van der Waals surface area (Å²) >= 11 is 0. The van der Waals surface area contributed by atoms with Crippen molar-refractivity contribution in [3.63, 3.8) is 0 Å². The summed E-state index contributed by atoms with van der Waals surface area (Å²) in [5.74, 6) is -3.48. The average molecular weight is 410 g/mol. The fraction of sp³-hybridized carbons (Fsp3) is 0.611. The van der Waals surface area contributed by atoms with Crippen LogP contribution in [-0.2, 0) is 25.6 Å². The van der Waals surface area contributed by atoms with Gasteiger partial charge in [-0.25, -0.2) is 9.78 Å². The van der Waals surface area contributed by atoms with Crippen molar-refractivity contribution in [1.29, 1.82) is 0 Å². The van der Waals surface area contributed by atoms with Crippen LogP contribution in [0.1, 0.15) is 33.4 Å². The molecule has 3 atom stereocenters. The second kappa shape index (κ2) is 11.1. The van der Waals surface area contributed by atoms with Crippen LogP contribution in [0.5, 0.6) is 0 Å². The minimum Gasteiger partial charge on any atom is -0.480 e. The Morgan fingerprint density at radius 3 is 2.17 bits per heavy atom. The molecule has 11 heteroatoms. The predicted octanol–water partition coefficient (Wildman–Crippen LogP) is -1.24. The van der Waals surface area contributed by atoms with Gasteiger partial charge in [-0.3, -0.25) is 14.4 Å². The number of carboxylic acid groups (broad SMARTS) is 1. The lowest BCUT2D eigenvalue weighted by atomic mass is 10.0. The van der Waals surface area contributed by atoms with E-state index in [9.17, 15) is 24.3 Å². The Bertz CT molecular complexity index is 704. The molecule has 0 aliphatic rings. The smallest absolute Gasteiger partial charge is 0.326 e. The summed E-state index contributed by atoms with van der Waals surface area (Å²) < 4.78 is 0. The van der Waals surface area contributed by atoms with Crippen molar-refractivity contribution in [2.45, 2.75) is 52.2 Å². The highest BCUT2D eigenvalue weighted by atomic mass is 16.4. The largest absolute Gasteiger partial charge is 0.480 e. The predicted molar refractivity (Wildman–Crippen MR) is 104 cm³/mol. The fourth-order valence-corrected chi connectivity index (χ4v) is 2.54. The molecule has 1 aromatic heterocycles. The van der Waals surface area contributed by atoms with Gasteiger partial charge >= 0.3 is 5.97 Å². The third-order valence-corrected chi connectivity index (χ3v) is 4.25. The number of carboxylic acids is 1. The monoisotopic (exact) mass is 410 g/mol. The number of aliphatic carboxylic acids is 1. The molecule has 0 aliphatic heterocycles.